The lowest BCUT2D eigenvalue weighted by Gasteiger charge is -2.27. The minimum atomic E-state index is -0.174. The summed E-state index contributed by atoms with van der Waals surface area (Å²) in [6.07, 6.45) is 2.87. The van der Waals surface area contributed by atoms with Crippen LogP contribution in [0.25, 0.3) is 0 Å². The zero-order valence-corrected chi connectivity index (χ0v) is 17.9. The molecule has 0 radical (unpaired) electrons. The first-order valence-electron chi connectivity index (χ1n) is 8.19. The molecule has 1 unspecified atom stereocenters. The Morgan fingerprint density at radius 2 is 2.12 bits per heavy atom. The number of benzene rings is 1. The lowest BCUT2D eigenvalue weighted by atomic mass is 10.2. The fourth-order valence-corrected chi connectivity index (χ4v) is 4.72. The summed E-state index contributed by atoms with van der Waals surface area (Å²) in [6, 6.07) is 5.57. The highest BCUT2D eigenvalue weighted by molar-refractivity contribution is 9.11. The molecule has 3 rings (SSSR count). The number of aromatic nitrogens is 1. The summed E-state index contributed by atoms with van der Waals surface area (Å²) in [6.45, 7) is 5.62. The van der Waals surface area contributed by atoms with Crippen LogP contribution in [-0.4, -0.2) is 48.0 Å². The molecule has 2 heterocycles. The standard InChI is InChI=1S/C17H20Br2N4OS/c1-12(16(24)21-15-4-3-13(18)11-14(15)19)22-6-2-7-23(9-8-22)17-20-5-10-25-17/h3-5,10-12H,2,6-9H2,1H3,(H,21,24). The molecule has 5 nitrogen and oxygen atoms in total. The summed E-state index contributed by atoms with van der Waals surface area (Å²) in [5, 5.41) is 6.09. The van der Waals surface area contributed by atoms with Gasteiger partial charge in [0.15, 0.2) is 5.13 Å². The molecule has 1 aromatic carbocycles. The van der Waals surface area contributed by atoms with Gasteiger partial charge in [0, 0.05) is 46.7 Å². The van der Waals surface area contributed by atoms with Gasteiger partial charge in [0.1, 0.15) is 0 Å². The number of hydrogen-bond donors (Lipinski definition) is 1. The maximum Gasteiger partial charge on any atom is 0.241 e. The minimum absolute atomic E-state index is 0.0192. The van der Waals surface area contributed by atoms with Gasteiger partial charge in [-0.1, -0.05) is 15.9 Å². The smallest absolute Gasteiger partial charge is 0.241 e. The maximum absolute atomic E-state index is 12.7. The van der Waals surface area contributed by atoms with Gasteiger partial charge in [-0.15, -0.1) is 11.3 Å². The van der Waals surface area contributed by atoms with Crippen LogP contribution in [0.3, 0.4) is 0 Å². The largest absolute Gasteiger partial charge is 0.347 e. The molecule has 1 aliphatic rings. The van der Waals surface area contributed by atoms with Gasteiger partial charge in [0.2, 0.25) is 5.91 Å². The average molecular weight is 488 g/mol. The van der Waals surface area contributed by atoms with Gasteiger partial charge in [-0.05, 0) is 47.5 Å². The maximum atomic E-state index is 12.7. The Hall–Kier alpha value is -0.960. The van der Waals surface area contributed by atoms with Gasteiger partial charge in [0.25, 0.3) is 0 Å². The summed E-state index contributed by atoms with van der Waals surface area (Å²) in [5.41, 5.74) is 0.791. The van der Waals surface area contributed by atoms with E-state index in [0.29, 0.717) is 0 Å². The van der Waals surface area contributed by atoms with E-state index >= 15 is 0 Å². The van der Waals surface area contributed by atoms with E-state index in [4.69, 9.17) is 0 Å². The van der Waals surface area contributed by atoms with Crippen molar-refractivity contribution in [3.63, 3.8) is 0 Å². The van der Waals surface area contributed by atoms with Crippen LogP contribution >= 0.6 is 43.2 Å². The van der Waals surface area contributed by atoms with Crippen molar-refractivity contribution in [1.29, 1.82) is 0 Å². The molecule has 0 aliphatic carbocycles. The van der Waals surface area contributed by atoms with Crippen LogP contribution in [0.2, 0.25) is 0 Å². The van der Waals surface area contributed by atoms with Crippen LogP contribution in [0.1, 0.15) is 13.3 Å². The fraction of sp³-hybridized carbons (Fsp3) is 0.412. The van der Waals surface area contributed by atoms with E-state index in [1.807, 2.05) is 36.7 Å². The molecule has 25 heavy (non-hydrogen) atoms. The number of carbonyl (C=O) groups excluding carboxylic acids is 1. The number of hydrogen-bond acceptors (Lipinski definition) is 5. The highest BCUT2D eigenvalue weighted by Gasteiger charge is 2.25. The third-order valence-electron chi connectivity index (χ3n) is 4.34. The summed E-state index contributed by atoms with van der Waals surface area (Å²) < 4.78 is 1.84. The molecular formula is C17H20Br2N4OS. The Balaban J connectivity index is 1.60. The number of nitrogens with zero attached hydrogens (tertiary/aromatic N) is 3. The van der Waals surface area contributed by atoms with Crippen molar-refractivity contribution in [1.82, 2.24) is 9.88 Å². The number of rotatable bonds is 4. The van der Waals surface area contributed by atoms with Gasteiger partial charge in [-0.25, -0.2) is 4.98 Å². The fourth-order valence-electron chi connectivity index (χ4n) is 2.88. The van der Waals surface area contributed by atoms with Gasteiger partial charge in [-0.3, -0.25) is 9.69 Å². The Labute approximate surface area is 168 Å². The number of halogens is 2. The summed E-state index contributed by atoms with van der Waals surface area (Å²) in [7, 11) is 0. The van der Waals surface area contributed by atoms with Gasteiger partial charge in [0.05, 0.1) is 11.7 Å². The third-order valence-corrected chi connectivity index (χ3v) is 6.32. The topological polar surface area (TPSA) is 48.5 Å². The summed E-state index contributed by atoms with van der Waals surface area (Å²) in [4.78, 5) is 21.6. The zero-order chi connectivity index (χ0) is 17.8. The molecule has 0 bridgehead atoms. The Bertz CT molecular complexity index is 725. The normalized spacial score (nSPS) is 17.2. The molecule has 1 aromatic heterocycles. The second-order valence-electron chi connectivity index (χ2n) is 5.98. The molecule has 1 N–H and O–H groups in total. The highest BCUT2D eigenvalue weighted by Crippen LogP contribution is 2.26. The zero-order valence-electron chi connectivity index (χ0n) is 13.9. The van der Waals surface area contributed by atoms with Gasteiger partial charge >= 0.3 is 0 Å². The molecule has 0 saturated carbocycles. The third kappa shape index (κ3) is 4.81. The molecule has 0 spiro atoms. The molecule has 1 amide bonds. The number of amides is 1. The van der Waals surface area contributed by atoms with E-state index in [1.165, 1.54) is 0 Å². The molecule has 134 valence electrons. The molecule has 1 aliphatic heterocycles. The van der Waals surface area contributed by atoms with Gasteiger partial charge < -0.3 is 10.2 Å². The first-order chi connectivity index (χ1) is 12.0. The Morgan fingerprint density at radius 1 is 1.28 bits per heavy atom. The second kappa shape index (κ2) is 8.62. The quantitative estimate of drug-likeness (QED) is 0.701. The minimum Gasteiger partial charge on any atom is -0.347 e. The van der Waals surface area contributed by atoms with E-state index in [1.54, 1.807) is 11.3 Å². The van der Waals surface area contributed by atoms with Crippen LogP contribution in [0.5, 0.6) is 0 Å². The van der Waals surface area contributed by atoms with Crippen LogP contribution in [0.15, 0.2) is 38.7 Å². The first-order valence-corrected chi connectivity index (χ1v) is 10.7. The van der Waals surface area contributed by atoms with Crippen LogP contribution in [0, 0.1) is 0 Å². The summed E-state index contributed by atoms with van der Waals surface area (Å²) in [5.74, 6) is 0.0192. The van der Waals surface area contributed by atoms with Crippen LogP contribution < -0.4 is 10.2 Å². The second-order valence-corrected chi connectivity index (χ2v) is 8.62. The van der Waals surface area contributed by atoms with Crippen molar-refractivity contribution in [2.75, 3.05) is 36.4 Å². The lowest BCUT2D eigenvalue weighted by Crippen LogP contribution is -2.44. The van der Waals surface area contributed by atoms with Crippen molar-refractivity contribution in [3.05, 3.63) is 38.7 Å². The number of thiazole rings is 1. The van der Waals surface area contributed by atoms with E-state index in [9.17, 15) is 4.79 Å². The Morgan fingerprint density at radius 3 is 2.84 bits per heavy atom. The van der Waals surface area contributed by atoms with Crippen molar-refractivity contribution in [2.45, 2.75) is 19.4 Å². The van der Waals surface area contributed by atoms with E-state index < -0.39 is 0 Å². The molecule has 1 atom stereocenters. The SMILES string of the molecule is CC(C(=O)Nc1ccc(Br)cc1Br)N1CCCN(c2nccs2)CC1. The predicted molar refractivity (Wildman–Crippen MR) is 110 cm³/mol. The van der Waals surface area contributed by atoms with Gasteiger partial charge in [-0.2, -0.15) is 0 Å². The van der Waals surface area contributed by atoms with Crippen molar-refractivity contribution < 1.29 is 4.79 Å². The van der Waals surface area contributed by atoms with Crippen molar-refractivity contribution in [2.24, 2.45) is 0 Å². The Kier molecular flexibility index (Phi) is 6.49. The van der Waals surface area contributed by atoms with E-state index in [0.717, 1.165) is 52.4 Å². The molecular weight excluding hydrogens is 468 g/mol. The molecule has 8 heteroatoms. The number of anilines is 2. The van der Waals surface area contributed by atoms with E-state index in [2.05, 4.69) is 52.0 Å². The average Bonchev–Trinajstić information content (AvgIpc) is 3.01. The molecule has 2 aromatic rings. The molecule has 1 saturated heterocycles. The predicted octanol–water partition coefficient (Wildman–Crippen LogP) is 4.21. The number of carbonyl (C=O) groups is 1. The number of nitrogens with one attached hydrogen (secondary N) is 1. The first kappa shape index (κ1) is 18.8. The summed E-state index contributed by atoms with van der Waals surface area (Å²) >= 11 is 8.58. The van der Waals surface area contributed by atoms with Crippen LogP contribution in [0.4, 0.5) is 10.8 Å². The van der Waals surface area contributed by atoms with Crippen molar-refractivity contribution >= 4 is 59.9 Å². The van der Waals surface area contributed by atoms with Crippen molar-refractivity contribution in [3.8, 4) is 0 Å². The monoisotopic (exact) mass is 486 g/mol. The highest BCUT2D eigenvalue weighted by atomic mass is 79.9. The lowest BCUT2D eigenvalue weighted by molar-refractivity contribution is -0.120. The van der Waals surface area contributed by atoms with Crippen LogP contribution in [-0.2, 0) is 4.79 Å². The molecule has 1 fully saturated rings. The van der Waals surface area contributed by atoms with E-state index in [-0.39, 0.29) is 11.9 Å².